The van der Waals surface area contributed by atoms with E-state index in [1.165, 1.54) is 4.90 Å². The van der Waals surface area contributed by atoms with Crippen molar-refractivity contribution < 1.29 is 19.4 Å². The van der Waals surface area contributed by atoms with E-state index < -0.39 is 17.7 Å². The van der Waals surface area contributed by atoms with Crippen molar-refractivity contribution in [1.29, 1.82) is 0 Å². The van der Waals surface area contributed by atoms with Gasteiger partial charge in [0.15, 0.2) is 0 Å². The molecule has 1 unspecified atom stereocenters. The van der Waals surface area contributed by atoms with Crippen molar-refractivity contribution in [2.45, 2.75) is 46.1 Å². The van der Waals surface area contributed by atoms with E-state index in [4.69, 9.17) is 27.9 Å². The summed E-state index contributed by atoms with van der Waals surface area (Å²) < 4.78 is 5.81. The number of amides is 1. The summed E-state index contributed by atoms with van der Waals surface area (Å²) in [5.41, 5.74) is 3.00. The van der Waals surface area contributed by atoms with Gasteiger partial charge in [-0.05, 0) is 72.9 Å². The van der Waals surface area contributed by atoms with Crippen LogP contribution in [0.5, 0.6) is 5.75 Å². The van der Waals surface area contributed by atoms with Crippen LogP contribution in [0.3, 0.4) is 0 Å². The first-order valence-electron chi connectivity index (χ1n) is 12.0. The molecule has 0 aromatic heterocycles. The zero-order valence-corrected chi connectivity index (χ0v) is 22.9. The third kappa shape index (κ3) is 5.11. The van der Waals surface area contributed by atoms with Gasteiger partial charge in [0.25, 0.3) is 11.7 Å². The minimum atomic E-state index is -0.902. The van der Waals surface area contributed by atoms with Crippen LogP contribution in [-0.4, -0.2) is 23.4 Å². The number of aliphatic hydroxyl groups is 1. The minimum Gasteiger partial charge on any atom is -0.507 e. The minimum absolute atomic E-state index is 0.0195. The second kappa shape index (κ2) is 10.2. The molecule has 1 aliphatic rings. The molecule has 7 heteroatoms. The van der Waals surface area contributed by atoms with Gasteiger partial charge in [-0.25, -0.2) is 0 Å². The van der Waals surface area contributed by atoms with E-state index in [1.54, 1.807) is 36.4 Å². The Bertz CT molecular complexity index is 1420. The first-order valence-corrected chi connectivity index (χ1v) is 12.8. The highest BCUT2D eigenvalue weighted by Crippen LogP contribution is 2.44. The number of ketones is 1. The van der Waals surface area contributed by atoms with E-state index in [-0.39, 0.29) is 21.8 Å². The molecule has 4 rings (SSSR count). The molecule has 1 heterocycles. The predicted octanol–water partition coefficient (Wildman–Crippen LogP) is 7.62. The number of carbonyl (C=O) groups is 2. The smallest absolute Gasteiger partial charge is 0.300 e. The third-order valence-corrected chi connectivity index (χ3v) is 7.08. The summed E-state index contributed by atoms with van der Waals surface area (Å²) in [4.78, 5) is 28.3. The fourth-order valence-electron chi connectivity index (χ4n) is 4.57. The zero-order valence-electron chi connectivity index (χ0n) is 21.4. The van der Waals surface area contributed by atoms with Crippen molar-refractivity contribution in [3.8, 4) is 5.75 Å². The van der Waals surface area contributed by atoms with E-state index in [1.807, 2.05) is 58.9 Å². The average molecular weight is 538 g/mol. The molecule has 0 aliphatic carbocycles. The molecular weight excluding hydrogens is 509 g/mol. The van der Waals surface area contributed by atoms with E-state index in [0.29, 0.717) is 34.2 Å². The van der Waals surface area contributed by atoms with Gasteiger partial charge in [0.1, 0.15) is 11.5 Å². The lowest BCUT2D eigenvalue weighted by Gasteiger charge is -2.26. The predicted molar refractivity (Wildman–Crippen MR) is 149 cm³/mol. The molecule has 3 aromatic carbocycles. The molecule has 5 nitrogen and oxygen atoms in total. The summed E-state index contributed by atoms with van der Waals surface area (Å²) in [6.45, 7) is 10.4. The first-order chi connectivity index (χ1) is 17.4. The standard InChI is InChI=1S/C30H29Cl2NO4/c1-6-37-24-13-11-19(15-21(24)30(3,4)5)27(34)25-26(18-10-12-22(31)23(32)16-18)33(29(36)28(25)35)20-9-7-8-17(2)14-20/h7-16,26,34H,6H2,1-5H3/b27-25-. The quantitative estimate of drug-likeness (QED) is 0.206. The monoisotopic (exact) mass is 537 g/mol. The normalized spacial score (nSPS) is 17.4. The number of benzene rings is 3. The molecule has 3 aromatic rings. The molecule has 0 radical (unpaired) electrons. The maximum absolute atomic E-state index is 13.5. The van der Waals surface area contributed by atoms with Crippen molar-refractivity contribution in [1.82, 2.24) is 0 Å². The van der Waals surface area contributed by atoms with Gasteiger partial charge < -0.3 is 9.84 Å². The highest BCUT2D eigenvalue weighted by Gasteiger charge is 2.47. The van der Waals surface area contributed by atoms with Crippen LogP contribution >= 0.6 is 23.2 Å². The fourth-order valence-corrected chi connectivity index (χ4v) is 4.88. The number of rotatable bonds is 5. The molecule has 1 N–H and O–H groups in total. The first kappa shape index (κ1) is 26.8. The van der Waals surface area contributed by atoms with Gasteiger partial charge in [-0.2, -0.15) is 0 Å². The zero-order chi connectivity index (χ0) is 27.1. The van der Waals surface area contributed by atoms with Crippen molar-refractivity contribution in [2.24, 2.45) is 0 Å². The topological polar surface area (TPSA) is 66.8 Å². The Morgan fingerprint density at radius 3 is 2.35 bits per heavy atom. The maximum atomic E-state index is 13.5. The molecule has 0 bridgehead atoms. The lowest BCUT2D eigenvalue weighted by Crippen LogP contribution is -2.29. The van der Waals surface area contributed by atoms with Crippen LogP contribution in [-0.2, 0) is 15.0 Å². The van der Waals surface area contributed by atoms with Crippen LogP contribution in [0.15, 0.2) is 66.2 Å². The Morgan fingerprint density at radius 2 is 1.73 bits per heavy atom. The SMILES string of the molecule is CCOc1ccc(/C(O)=C2/C(=O)C(=O)N(c3cccc(C)c3)C2c2ccc(Cl)c(Cl)c2)cc1C(C)(C)C. The van der Waals surface area contributed by atoms with E-state index in [0.717, 1.165) is 11.1 Å². The Kier molecular flexibility index (Phi) is 7.40. The molecule has 1 saturated heterocycles. The van der Waals surface area contributed by atoms with Crippen molar-refractivity contribution >= 4 is 46.3 Å². The van der Waals surface area contributed by atoms with Crippen LogP contribution in [0.25, 0.3) is 5.76 Å². The number of ether oxygens (including phenoxy) is 1. The van der Waals surface area contributed by atoms with Crippen LogP contribution in [0.2, 0.25) is 10.0 Å². The summed E-state index contributed by atoms with van der Waals surface area (Å²) in [5.74, 6) is -1.07. The van der Waals surface area contributed by atoms with Gasteiger partial charge in [0, 0.05) is 16.8 Å². The summed E-state index contributed by atoms with van der Waals surface area (Å²) in [5, 5.41) is 12.2. The molecule has 192 valence electrons. The molecule has 1 fully saturated rings. The fraction of sp³-hybridized carbons (Fsp3) is 0.267. The van der Waals surface area contributed by atoms with Crippen LogP contribution in [0.4, 0.5) is 5.69 Å². The Balaban J connectivity index is 1.97. The Morgan fingerprint density at radius 1 is 1.00 bits per heavy atom. The summed E-state index contributed by atoms with van der Waals surface area (Å²) in [6, 6.07) is 16.6. The largest absolute Gasteiger partial charge is 0.507 e. The van der Waals surface area contributed by atoms with Crippen LogP contribution in [0, 0.1) is 6.92 Å². The second-order valence-electron chi connectivity index (χ2n) is 10.1. The third-order valence-electron chi connectivity index (χ3n) is 6.34. The molecule has 1 aliphatic heterocycles. The lowest BCUT2D eigenvalue weighted by molar-refractivity contribution is -0.132. The van der Waals surface area contributed by atoms with E-state index in [9.17, 15) is 14.7 Å². The molecule has 0 saturated carbocycles. The highest BCUT2D eigenvalue weighted by atomic mass is 35.5. The van der Waals surface area contributed by atoms with E-state index >= 15 is 0 Å². The number of hydrogen-bond donors (Lipinski definition) is 1. The van der Waals surface area contributed by atoms with Gasteiger partial charge >= 0.3 is 0 Å². The van der Waals surface area contributed by atoms with Gasteiger partial charge in [-0.1, -0.05) is 62.2 Å². The van der Waals surface area contributed by atoms with Crippen molar-refractivity contribution in [3.63, 3.8) is 0 Å². The average Bonchev–Trinajstić information content (AvgIpc) is 3.10. The van der Waals surface area contributed by atoms with Crippen molar-refractivity contribution in [3.05, 3.63) is 98.5 Å². The number of Topliss-reactive ketones (excluding diaryl/α,β-unsaturated/α-hetero) is 1. The molecule has 1 atom stereocenters. The van der Waals surface area contributed by atoms with Gasteiger partial charge in [0.2, 0.25) is 0 Å². The summed E-state index contributed by atoms with van der Waals surface area (Å²) in [6.07, 6.45) is 0. The summed E-state index contributed by atoms with van der Waals surface area (Å²) in [7, 11) is 0. The number of aryl methyl sites for hydroxylation is 1. The number of halogens is 2. The summed E-state index contributed by atoms with van der Waals surface area (Å²) >= 11 is 12.5. The van der Waals surface area contributed by atoms with Gasteiger partial charge in [0.05, 0.1) is 28.3 Å². The van der Waals surface area contributed by atoms with Crippen LogP contribution in [0.1, 0.15) is 56.0 Å². The molecule has 1 amide bonds. The van der Waals surface area contributed by atoms with Gasteiger partial charge in [-0.15, -0.1) is 0 Å². The number of anilines is 1. The van der Waals surface area contributed by atoms with Gasteiger partial charge in [-0.3, -0.25) is 14.5 Å². The highest BCUT2D eigenvalue weighted by molar-refractivity contribution is 6.51. The Hall–Kier alpha value is -3.28. The molecular formula is C30H29Cl2NO4. The molecule has 37 heavy (non-hydrogen) atoms. The van der Waals surface area contributed by atoms with Crippen LogP contribution < -0.4 is 9.64 Å². The Labute approximate surface area is 227 Å². The maximum Gasteiger partial charge on any atom is 0.300 e. The second-order valence-corrected chi connectivity index (χ2v) is 10.9. The number of hydrogen-bond acceptors (Lipinski definition) is 4. The number of aliphatic hydroxyl groups excluding tert-OH is 1. The van der Waals surface area contributed by atoms with Crippen molar-refractivity contribution in [2.75, 3.05) is 11.5 Å². The number of carbonyl (C=O) groups excluding carboxylic acids is 2. The van der Waals surface area contributed by atoms with E-state index in [2.05, 4.69) is 0 Å². The number of nitrogens with zero attached hydrogens (tertiary/aromatic N) is 1. The molecule has 0 spiro atoms. The lowest BCUT2D eigenvalue weighted by atomic mass is 9.84.